The zero-order valence-corrected chi connectivity index (χ0v) is 8.64. The summed E-state index contributed by atoms with van der Waals surface area (Å²) in [4.78, 5) is 0. The second-order valence-electron chi connectivity index (χ2n) is 3.22. The molecule has 1 aromatic carbocycles. The first kappa shape index (κ1) is 9.58. The lowest BCUT2D eigenvalue weighted by atomic mass is 10.1. The molecule has 2 aromatic rings. The number of phenolic OH excluding ortho intramolecular Hbond substituents is 1. The van der Waals surface area contributed by atoms with Gasteiger partial charge in [-0.25, -0.2) is 0 Å². The van der Waals surface area contributed by atoms with Gasteiger partial charge >= 0.3 is 0 Å². The quantitative estimate of drug-likeness (QED) is 0.811. The third kappa shape index (κ3) is 1.66. The SMILES string of the molecule is COc1ccc(O)c(-c2ccnn2C)c1. The summed E-state index contributed by atoms with van der Waals surface area (Å²) in [5, 5.41) is 13.8. The molecule has 0 spiro atoms. The average Bonchev–Trinajstić information content (AvgIpc) is 2.65. The summed E-state index contributed by atoms with van der Waals surface area (Å²) in [5.74, 6) is 0.934. The number of aromatic hydroxyl groups is 1. The normalized spacial score (nSPS) is 10.3. The van der Waals surface area contributed by atoms with Gasteiger partial charge in [0, 0.05) is 18.8 Å². The van der Waals surface area contributed by atoms with E-state index < -0.39 is 0 Å². The molecule has 0 saturated heterocycles. The second kappa shape index (κ2) is 3.65. The Hall–Kier alpha value is -1.97. The maximum atomic E-state index is 9.73. The first-order valence-electron chi connectivity index (χ1n) is 4.58. The van der Waals surface area contributed by atoms with E-state index in [4.69, 9.17) is 4.74 Å². The van der Waals surface area contributed by atoms with Gasteiger partial charge in [0.25, 0.3) is 0 Å². The molecular formula is C11H12N2O2. The highest BCUT2D eigenvalue weighted by molar-refractivity contribution is 5.68. The van der Waals surface area contributed by atoms with Gasteiger partial charge in [0.15, 0.2) is 0 Å². The minimum absolute atomic E-state index is 0.222. The highest BCUT2D eigenvalue weighted by Gasteiger charge is 2.08. The standard InChI is InChI=1S/C11H12N2O2/c1-13-10(5-6-12-13)9-7-8(15-2)3-4-11(9)14/h3-7,14H,1-2H3. The Balaban J connectivity index is 2.56. The molecule has 1 aromatic heterocycles. The van der Waals surface area contributed by atoms with Crippen molar-refractivity contribution >= 4 is 0 Å². The van der Waals surface area contributed by atoms with Gasteiger partial charge in [0.1, 0.15) is 11.5 Å². The molecule has 0 bridgehead atoms. The molecule has 0 amide bonds. The van der Waals surface area contributed by atoms with Crippen molar-refractivity contribution in [2.45, 2.75) is 0 Å². The molecule has 0 aliphatic rings. The van der Waals surface area contributed by atoms with Gasteiger partial charge in [0.2, 0.25) is 0 Å². The molecule has 0 radical (unpaired) electrons. The maximum Gasteiger partial charge on any atom is 0.125 e. The van der Waals surface area contributed by atoms with Crippen LogP contribution in [0, 0.1) is 0 Å². The smallest absolute Gasteiger partial charge is 0.125 e. The van der Waals surface area contributed by atoms with Crippen molar-refractivity contribution in [2.75, 3.05) is 7.11 Å². The molecule has 78 valence electrons. The molecule has 1 heterocycles. The van der Waals surface area contributed by atoms with Crippen molar-refractivity contribution in [2.24, 2.45) is 7.05 Å². The Labute approximate surface area is 87.7 Å². The van der Waals surface area contributed by atoms with Gasteiger partial charge < -0.3 is 9.84 Å². The highest BCUT2D eigenvalue weighted by atomic mass is 16.5. The number of phenols is 1. The summed E-state index contributed by atoms with van der Waals surface area (Å²) in [5.41, 5.74) is 1.57. The average molecular weight is 204 g/mol. The van der Waals surface area contributed by atoms with Gasteiger partial charge in [-0.2, -0.15) is 5.10 Å². The predicted molar refractivity (Wildman–Crippen MR) is 56.9 cm³/mol. The van der Waals surface area contributed by atoms with Crippen LogP contribution in [0.15, 0.2) is 30.5 Å². The lowest BCUT2D eigenvalue weighted by Gasteiger charge is -2.07. The molecule has 0 fully saturated rings. The topological polar surface area (TPSA) is 47.3 Å². The lowest BCUT2D eigenvalue weighted by Crippen LogP contribution is -1.94. The lowest BCUT2D eigenvalue weighted by molar-refractivity contribution is 0.412. The molecule has 0 aliphatic carbocycles. The number of hydrogen-bond acceptors (Lipinski definition) is 3. The molecule has 15 heavy (non-hydrogen) atoms. The van der Waals surface area contributed by atoms with Crippen molar-refractivity contribution in [3.63, 3.8) is 0 Å². The summed E-state index contributed by atoms with van der Waals surface area (Å²) in [6.07, 6.45) is 1.69. The number of methoxy groups -OCH3 is 1. The van der Waals surface area contributed by atoms with Crippen LogP contribution in [-0.4, -0.2) is 22.0 Å². The van der Waals surface area contributed by atoms with E-state index in [9.17, 15) is 5.11 Å². The molecule has 0 aliphatic heterocycles. The summed E-state index contributed by atoms with van der Waals surface area (Å²) >= 11 is 0. The van der Waals surface area contributed by atoms with E-state index in [1.54, 1.807) is 36.2 Å². The molecular weight excluding hydrogens is 192 g/mol. The van der Waals surface area contributed by atoms with Crippen molar-refractivity contribution < 1.29 is 9.84 Å². The second-order valence-corrected chi connectivity index (χ2v) is 3.22. The fourth-order valence-corrected chi connectivity index (χ4v) is 1.49. The van der Waals surface area contributed by atoms with Gasteiger partial charge in [-0.1, -0.05) is 0 Å². The van der Waals surface area contributed by atoms with E-state index in [1.165, 1.54) is 0 Å². The molecule has 4 heteroatoms. The summed E-state index contributed by atoms with van der Waals surface area (Å²) < 4.78 is 6.81. The van der Waals surface area contributed by atoms with Crippen LogP contribution in [0.3, 0.4) is 0 Å². The monoisotopic (exact) mass is 204 g/mol. The number of ether oxygens (including phenoxy) is 1. The van der Waals surface area contributed by atoms with E-state index in [0.29, 0.717) is 11.3 Å². The highest BCUT2D eigenvalue weighted by Crippen LogP contribution is 2.31. The van der Waals surface area contributed by atoms with Gasteiger partial charge in [-0.3, -0.25) is 4.68 Å². The minimum atomic E-state index is 0.222. The van der Waals surface area contributed by atoms with Crippen LogP contribution in [0.25, 0.3) is 11.3 Å². The summed E-state index contributed by atoms with van der Waals surface area (Å²) in [6, 6.07) is 6.96. The number of aryl methyl sites for hydroxylation is 1. The van der Waals surface area contributed by atoms with Gasteiger partial charge in [-0.15, -0.1) is 0 Å². The first-order valence-corrected chi connectivity index (χ1v) is 4.58. The van der Waals surface area contributed by atoms with E-state index >= 15 is 0 Å². The predicted octanol–water partition coefficient (Wildman–Crippen LogP) is 1.80. The van der Waals surface area contributed by atoms with Crippen molar-refractivity contribution in [1.29, 1.82) is 0 Å². The Morgan fingerprint density at radius 3 is 2.73 bits per heavy atom. The van der Waals surface area contributed by atoms with Crippen LogP contribution < -0.4 is 4.74 Å². The third-order valence-electron chi connectivity index (χ3n) is 2.30. The molecule has 0 unspecified atom stereocenters. The van der Waals surface area contributed by atoms with E-state index in [-0.39, 0.29) is 5.75 Å². The number of rotatable bonds is 2. The van der Waals surface area contributed by atoms with Crippen LogP contribution in [-0.2, 0) is 7.05 Å². The number of benzene rings is 1. The van der Waals surface area contributed by atoms with Crippen LogP contribution in [0.1, 0.15) is 0 Å². The molecule has 0 atom stereocenters. The fraction of sp³-hybridized carbons (Fsp3) is 0.182. The Kier molecular flexibility index (Phi) is 2.33. The first-order chi connectivity index (χ1) is 7.22. The largest absolute Gasteiger partial charge is 0.507 e. The van der Waals surface area contributed by atoms with E-state index in [1.807, 2.05) is 13.1 Å². The fourth-order valence-electron chi connectivity index (χ4n) is 1.49. The van der Waals surface area contributed by atoms with Gasteiger partial charge in [0.05, 0.1) is 12.8 Å². The summed E-state index contributed by atoms with van der Waals surface area (Å²) in [6.45, 7) is 0. The number of hydrogen-bond donors (Lipinski definition) is 1. The van der Waals surface area contributed by atoms with Gasteiger partial charge in [-0.05, 0) is 24.3 Å². The Morgan fingerprint density at radius 1 is 1.33 bits per heavy atom. The molecule has 2 rings (SSSR count). The zero-order chi connectivity index (χ0) is 10.8. The van der Waals surface area contributed by atoms with Crippen LogP contribution in [0.4, 0.5) is 0 Å². The minimum Gasteiger partial charge on any atom is -0.507 e. The molecule has 1 N–H and O–H groups in total. The Morgan fingerprint density at radius 2 is 2.13 bits per heavy atom. The zero-order valence-electron chi connectivity index (χ0n) is 8.64. The van der Waals surface area contributed by atoms with Crippen molar-refractivity contribution in [3.8, 4) is 22.8 Å². The Bertz CT molecular complexity index is 477. The summed E-state index contributed by atoms with van der Waals surface area (Å²) in [7, 11) is 3.42. The number of aromatic nitrogens is 2. The third-order valence-corrected chi connectivity index (χ3v) is 2.30. The van der Waals surface area contributed by atoms with Crippen LogP contribution >= 0.6 is 0 Å². The molecule has 4 nitrogen and oxygen atoms in total. The van der Waals surface area contributed by atoms with Crippen LogP contribution in [0.2, 0.25) is 0 Å². The molecule has 0 saturated carbocycles. The van der Waals surface area contributed by atoms with E-state index in [2.05, 4.69) is 5.10 Å². The van der Waals surface area contributed by atoms with Crippen molar-refractivity contribution in [1.82, 2.24) is 9.78 Å². The van der Waals surface area contributed by atoms with Crippen LogP contribution in [0.5, 0.6) is 11.5 Å². The van der Waals surface area contributed by atoms with E-state index in [0.717, 1.165) is 5.69 Å². The maximum absolute atomic E-state index is 9.73. The van der Waals surface area contributed by atoms with Crippen molar-refractivity contribution in [3.05, 3.63) is 30.5 Å². The number of nitrogens with zero attached hydrogens (tertiary/aromatic N) is 2.